The zero-order chi connectivity index (χ0) is 19.8. The molecule has 1 amide bonds. The van der Waals surface area contributed by atoms with Gasteiger partial charge in [0.15, 0.2) is 0 Å². The van der Waals surface area contributed by atoms with Crippen molar-refractivity contribution in [3.8, 4) is 0 Å². The highest BCUT2D eigenvalue weighted by molar-refractivity contribution is 5.81. The first kappa shape index (κ1) is 20.6. The van der Waals surface area contributed by atoms with Crippen LogP contribution in [-0.2, 0) is 25.6 Å². The molecule has 1 atom stereocenters. The molecule has 0 unspecified atom stereocenters. The van der Waals surface area contributed by atoms with Crippen LogP contribution in [0.2, 0.25) is 0 Å². The van der Waals surface area contributed by atoms with E-state index in [0.717, 1.165) is 0 Å². The Morgan fingerprint density at radius 1 is 1.26 bits per heavy atom. The van der Waals surface area contributed by atoms with E-state index in [-0.39, 0.29) is 30.9 Å². The summed E-state index contributed by atoms with van der Waals surface area (Å²) in [5, 5.41) is 3.30. The number of carbonyl (C=O) groups is 2. The fourth-order valence-corrected chi connectivity index (χ4v) is 2.74. The van der Waals surface area contributed by atoms with Crippen LogP contribution in [0.5, 0.6) is 0 Å². The second-order valence-corrected chi connectivity index (χ2v) is 6.03. The van der Waals surface area contributed by atoms with Gasteiger partial charge in [-0.15, -0.1) is 0 Å². The third-order valence-corrected chi connectivity index (χ3v) is 4.04. The van der Waals surface area contributed by atoms with Gasteiger partial charge in [0.2, 0.25) is 5.91 Å². The van der Waals surface area contributed by atoms with Gasteiger partial charge in [0, 0.05) is 13.5 Å². The Kier molecular flexibility index (Phi) is 7.48. The molecule has 146 valence electrons. The van der Waals surface area contributed by atoms with Crippen LogP contribution in [0.1, 0.15) is 38.6 Å². The molecule has 1 aromatic heterocycles. The van der Waals surface area contributed by atoms with Crippen LogP contribution >= 0.6 is 0 Å². The molecule has 0 aliphatic carbocycles. The third kappa shape index (κ3) is 5.37. The predicted octanol–water partition coefficient (Wildman–Crippen LogP) is 1.56. The van der Waals surface area contributed by atoms with Gasteiger partial charge in [0.1, 0.15) is 5.82 Å². The van der Waals surface area contributed by atoms with Crippen molar-refractivity contribution >= 4 is 22.8 Å². The Morgan fingerprint density at radius 3 is 2.70 bits per heavy atom. The summed E-state index contributed by atoms with van der Waals surface area (Å²) in [5.41, 5.74) is 0.388. The molecule has 0 saturated carbocycles. The zero-order valence-electron chi connectivity index (χ0n) is 15.9. The molecule has 2 rings (SSSR count). The molecule has 0 radical (unpaired) electrons. The first-order valence-electron chi connectivity index (χ1n) is 8.91. The molecule has 0 aliphatic heterocycles. The lowest BCUT2D eigenvalue weighted by molar-refractivity contribution is -0.144. The molecule has 1 heterocycles. The Bertz CT molecular complexity index is 862. The molecule has 0 fully saturated rings. The molecule has 1 N–H and O–H groups in total. The molecule has 0 spiro atoms. The van der Waals surface area contributed by atoms with E-state index < -0.39 is 12.0 Å². The SMILES string of the molecule is CCOC(=O)CCC(=O)N[C@H](C)c1nc2ccccc2c(=O)n1CCOC. The maximum atomic E-state index is 12.8. The minimum absolute atomic E-state index is 0.00796. The fraction of sp³-hybridized carbons (Fsp3) is 0.474. The Morgan fingerprint density at radius 2 is 2.00 bits per heavy atom. The van der Waals surface area contributed by atoms with Crippen molar-refractivity contribution in [3.63, 3.8) is 0 Å². The van der Waals surface area contributed by atoms with Gasteiger partial charge in [-0.05, 0) is 26.0 Å². The lowest BCUT2D eigenvalue weighted by Gasteiger charge is -2.19. The third-order valence-electron chi connectivity index (χ3n) is 4.04. The van der Waals surface area contributed by atoms with Crippen molar-refractivity contribution < 1.29 is 19.1 Å². The van der Waals surface area contributed by atoms with Gasteiger partial charge >= 0.3 is 5.97 Å². The van der Waals surface area contributed by atoms with E-state index >= 15 is 0 Å². The lowest BCUT2D eigenvalue weighted by atomic mass is 10.2. The molecule has 0 saturated heterocycles. The number of hydrogen-bond acceptors (Lipinski definition) is 6. The molecule has 0 bridgehead atoms. The van der Waals surface area contributed by atoms with Gasteiger partial charge in [0.25, 0.3) is 5.56 Å². The number of ether oxygens (including phenoxy) is 2. The van der Waals surface area contributed by atoms with Crippen LogP contribution in [0, 0.1) is 0 Å². The average Bonchev–Trinajstić information content (AvgIpc) is 2.65. The van der Waals surface area contributed by atoms with Gasteiger partial charge < -0.3 is 14.8 Å². The van der Waals surface area contributed by atoms with Crippen molar-refractivity contribution in [3.05, 3.63) is 40.4 Å². The molecular formula is C19H25N3O5. The first-order valence-corrected chi connectivity index (χ1v) is 8.91. The predicted molar refractivity (Wildman–Crippen MR) is 100 cm³/mol. The molecule has 8 heteroatoms. The zero-order valence-corrected chi connectivity index (χ0v) is 15.9. The molecule has 27 heavy (non-hydrogen) atoms. The fourth-order valence-electron chi connectivity index (χ4n) is 2.74. The molecule has 8 nitrogen and oxygen atoms in total. The van der Waals surface area contributed by atoms with E-state index in [2.05, 4.69) is 10.3 Å². The summed E-state index contributed by atoms with van der Waals surface area (Å²) < 4.78 is 11.4. The van der Waals surface area contributed by atoms with Crippen LogP contribution < -0.4 is 10.9 Å². The van der Waals surface area contributed by atoms with E-state index in [9.17, 15) is 14.4 Å². The number of fused-ring (bicyclic) bond motifs is 1. The number of nitrogens with one attached hydrogen (secondary N) is 1. The van der Waals surface area contributed by atoms with Crippen LogP contribution in [0.4, 0.5) is 0 Å². The van der Waals surface area contributed by atoms with Gasteiger partial charge in [-0.1, -0.05) is 12.1 Å². The standard InChI is InChI=1S/C19H25N3O5/c1-4-27-17(24)10-9-16(23)20-13(2)18-21-15-8-6-5-7-14(15)19(25)22(18)11-12-26-3/h5-8,13H,4,9-12H2,1-3H3,(H,20,23)/t13-/m1/s1. The van der Waals surface area contributed by atoms with Gasteiger partial charge in [-0.25, -0.2) is 4.98 Å². The molecule has 1 aromatic carbocycles. The van der Waals surface area contributed by atoms with Gasteiger partial charge in [0.05, 0.1) is 43.1 Å². The van der Waals surface area contributed by atoms with Crippen molar-refractivity contribution in [2.24, 2.45) is 0 Å². The molecule has 2 aromatic rings. The van der Waals surface area contributed by atoms with Crippen LogP contribution in [0.3, 0.4) is 0 Å². The number of hydrogen-bond donors (Lipinski definition) is 1. The number of benzene rings is 1. The van der Waals surface area contributed by atoms with E-state index in [1.165, 1.54) is 4.57 Å². The Balaban J connectivity index is 2.23. The number of methoxy groups -OCH3 is 1. The summed E-state index contributed by atoms with van der Waals surface area (Å²) in [7, 11) is 1.56. The second kappa shape index (κ2) is 9.82. The number of amides is 1. The Hall–Kier alpha value is -2.74. The monoisotopic (exact) mass is 375 g/mol. The van der Waals surface area contributed by atoms with E-state index in [0.29, 0.717) is 29.9 Å². The van der Waals surface area contributed by atoms with Crippen LogP contribution in [-0.4, -0.2) is 41.8 Å². The summed E-state index contributed by atoms with van der Waals surface area (Å²) in [6, 6.07) is 6.57. The number of rotatable bonds is 9. The quantitative estimate of drug-likeness (QED) is 0.668. The largest absolute Gasteiger partial charge is 0.466 e. The average molecular weight is 375 g/mol. The van der Waals surface area contributed by atoms with Crippen molar-refractivity contribution in [1.82, 2.24) is 14.9 Å². The number of esters is 1. The highest BCUT2D eigenvalue weighted by atomic mass is 16.5. The minimum Gasteiger partial charge on any atom is -0.466 e. The summed E-state index contributed by atoms with van der Waals surface area (Å²) in [4.78, 5) is 40.9. The number of para-hydroxylation sites is 1. The summed E-state index contributed by atoms with van der Waals surface area (Å²) in [6.45, 7) is 4.42. The highest BCUT2D eigenvalue weighted by Crippen LogP contribution is 2.14. The highest BCUT2D eigenvalue weighted by Gasteiger charge is 2.18. The first-order chi connectivity index (χ1) is 13.0. The molecule has 0 aliphatic rings. The van der Waals surface area contributed by atoms with Crippen molar-refractivity contribution in [2.75, 3.05) is 20.3 Å². The van der Waals surface area contributed by atoms with Gasteiger partial charge in [-0.2, -0.15) is 0 Å². The van der Waals surface area contributed by atoms with E-state index in [4.69, 9.17) is 9.47 Å². The van der Waals surface area contributed by atoms with Crippen LogP contribution in [0.25, 0.3) is 10.9 Å². The topological polar surface area (TPSA) is 99.5 Å². The smallest absolute Gasteiger partial charge is 0.306 e. The number of nitrogens with zero attached hydrogens (tertiary/aromatic N) is 2. The maximum Gasteiger partial charge on any atom is 0.306 e. The number of carbonyl (C=O) groups excluding carboxylic acids is 2. The number of aromatic nitrogens is 2. The summed E-state index contributed by atoms with van der Waals surface area (Å²) in [6.07, 6.45) is 0.0209. The summed E-state index contributed by atoms with van der Waals surface area (Å²) in [5.74, 6) is -0.280. The molecular weight excluding hydrogens is 350 g/mol. The Labute approximate surface area is 157 Å². The van der Waals surface area contributed by atoms with Gasteiger partial charge in [-0.3, -0.25) is 19.0 Å². The van der Waals surface area contributed by atoms with Crippen LogP contribution in [0.15, 0.2) is 29.1 Å². The second-order valence-electron chi connectivity index (χ2n) is 6.03. The lowest BCUT2D eigenvalue weighted by Crippen LogP contribution is -2.34. The van der Waals surface area contributed by atoms with Crippen molar-refractivity contribution in [1.29, 1.82) is 0 Å². The van der Waals surface area contributed by atoms with Crippen molar-refractivity contribution in [2.45, 2.75) is 39.3 Å². The normalized spacial score (nSPS) is 12.0. The van der Waals surface area contributed by atoms with E-state index in [1.807, 2.05) is 0 Å². The summed E-state index contributed by atoms with van der Waals surface area (Å²) >= 11 is 0. The van der Waals surface area contributed by atoms with E-state index in [1.54, 1.807) is 45.2 Å². The maximum absolute atomic E-state index is 12.8. The minimum atomic E-state index is -0.506.